The standard InChI is InChI=1S/C14H28N2/c15-14-8-11-16(12-9-14)10-4-7-13-5-2-1-3-6-13/h13-14H,1-12,15H2. The fourth-order valence-corrected chi connectivity index (χ4v) is 3.26. The number of rotatable bonds is 4. The summed E-state index contributed by atoms with van der Waals surface area (Å²) in [5.41, 5.74) is 5.92. The first-order valence-electron chi connectivity index (χ1n) is 7.32. The Balaban J connectivity index is 1.53. The lowest BCUT2D eigenvalue weighted by molar-refractivity contribution is 0.201. The summed E-state index contributed by atoms with van der Waals surface area (Å²) in [6, 6.07) is 0.481. The summed E-state index contributed by atoms with van der Waals surface area (Å²) in [6.07, 6.45) is 12.8. The first-order valence-corrected chi connectivity index (χ1v) is 7.32. The van der Waals surface area contributed by atoms with Crippen molar-refractivity contribution in [1.29, 1.82) is 0 Å². The van der Waals surface area contributed by atoms with Gasteiger partial charge in [-0.1, -0.05) is 32.1 Å². The molecule has 1 aliphatic carbocycles. The molecule has 2 aliphatic rings. The number of hydrogen-bond donors (Lipinski definition) is 1. The highest BCUT2D eigenvalue weighted by Gasteiger charge is 2.17. The van der Waals surface area contributed by atoms with Crippen molar-refractivity contribution in [3.63, 3.8) is 0 Å². The van der Waals surface area contributed by atoms with Crippen molar-refractivity contribution in [3.8, 4) is 0 Å². The number of hydrogen-bond acceptors (Lipinski definition) is 2. The van der Waals surface area contributed by atoms with E-state index in [9.17, 15) is 0 Å². The third kappa shape index (κ3) is 4.06. The minimum Gasteiger partial charge on any atom is -0.328 e. The molecule has 16 heavy (non-hydrogen) atoms. The van der Waals surface area contributed by atoms with Crippen molar-refractivity contribution in [3.05, 3.63) is 0 Å². The zero-order valence-electron chi connectivity index (χ0n) is 10.7. The van der Waals surface area contributed by atoms with Crippen LogP contribution in [0, 0.1) is 5.92 Å². The van der Waals surface area contributed by atoms with Crippen LogP contribution in [0.15, 0.2) is 0 Å². The smallest absolute Gasteiger partial charge is 0.00631 e. The van der Waals surface area contributed by atoms with E-state index in [4.69, 9.17) is 5.73 Å². The SMILES string of the molecule is NC1CCN(CCCC2CCCCC2)CC1. The van der Waals surface area contributed by atoms with Crippen molar-refractivity contribution in [1.82, 2.24) is 4.90 Å². The molecule has 2 heteroatoms. The van der Waals surface area contributed by atoms with Crippen molar-refractivity contribution >= 4 is 0 Å². The second-order valence-corrected chi connectivity index (χ2v) is 5.83. The highest BCUT2D eigenvalue weighted by atomic mass is 15.1. The molecule has 94 valence electrons. The van der Waals surface area contributed by atoms with E-state index in [0.717, 1.165) is 5.92 Å². The van der Waals surface area contributed by atoms with Gasteiger partial charge in [-0.2, -0.15) is 0 Å². The fourth-order valence-electron chi connectivity index (χ4n) is 3.26. The maximum atomic E-state index is 5.92. The second kappa shape index (κ2) is 6.61. The molecule has 1 aliphatic heterocycles. The van der Waals surface area contributed by atoms with Crippen LogP contribution in [0.5, 0.6) is 0 Å². The second-order valence-electron chi connectivity index (χ2n) is 5.83. The van der Waals surface area contributed by atoms with Crippen LogP contribution in [0.4, 0.5) is 0 Å². The molecule has 1 saturated carbocycles. The predicted octanol–water partition coefficient (Wildman–Crippen LogP) is 2.77. The molecule has 1 saturated heterocycles. The van der Waals surface area contributed by atoms with Gasteiger partial charge in [-0.15, -0.1) is 0 Å². The maximum Gasteiger partial charge on any atom is 0.00631 e. The normalized spacial score (nSPS) is 26.1. The number of nitrogens with two attached hydrogens (primary N) is 1. The molecule has 0 aromatic carbocycles. The van der Waals surface area contributed by atoms with Crippen LogP contribution in [0.25, 0.3) is 0 Å². The third-order valence-corrected chi connectivity index (χ3v) is 4.44. The molecule has 2 rings (SSSR count). The predicted molar refractivity (Wildman–Crippen MR) is 69.5 cm³/mol. The molecular weight excluding hydrogens is 196 g/mol. The Morgan fingerprint density at radius 2 is 1.62 bits per heavy atom. The van der Waals surface area contributed by atoms with Crippen molar-refractivity contribution in [2.75, 3.05) is 19.6 Å². The van der Waals surface area contributed by atoms with E-state index >= 15 is 0 Å². The molecule has 1 heterocycles. The molecule has 0 spiro atoms. The Hall–Kier alpha value is -0.0800. The van der Waals surface area contributed by atoms with Gasteiger partial charge in [-0.05, 0) is 51.2 Å². The van der Waals surface area contributed by atoms with E-state index in [1.165, 1.54) is 77.4 Å². The Kier molecular flexibility index (Phi) is 5.11. The molecule has 0 aromatic heterocycles. The van der Waals surface area contributed by atoms with Crippen molar-refractivity contribution in [2.24, 2.45) is 11.7 Å². The highest BCUT2D eigenvalue weighted by molar-refractivity contribution is 4.74. The van der Waals surface area contributed by atoms with Crippen LogP contribution < -0.4 is 5.73 Å². The minimum atomic E-state index is 0.481. The third-order valence-electron chi connectivity index (χ3n) is 4.44. The molecule has 0 atom stereocenters. The summed E-state index contributed by atoms with van der Waals surface area (Å²) >= 11 is 0. The van der Waals surface area contributed by atoms with Crippen LogP contribution in [0.3, 0.4) is 0 Å². The van der Waals surface area contributed by atoms with Gasteiger partial charge in [0.2, 0.25) is 0 Å². The van der Waals surface area contributed by atoms with Crippen molar-refractivity contribution < 1.29 is 0 Å². The molecule has 2 N–H and O–H groups in total. The first kappa shape index (κ1) is 12.4. The summed E-state index contributed by atoms with van der Waals surface area (Å²) in [5, 5.41) is 0. The molecule has 0 unspecified atom stereocenters. The van der Waals surface area contributed by atoms with Gasteiger partial charge in [0, 0.05) is 6.04 Å². The number of nitrogens with zero attached hydrogens (tertiary/aromatic N) is 1. The van der Waals surface area contributed by atoms with E-state index in [-0.39, 0.29) is 0 Å². The van der Waals surface area contributed by atoms with E-state index in [1.54, 1.807) is 0 Å². The quantitative estimate of drug-likeness (QED) is 0.795. The Morgan fingerprint density at radius 1 is 0.938 bits per heavy atom. The topological polar surface area (TPSA) is 29.3 Å². The number of piperidine rings is 1. The lowest BCUT2D eigenvalue weighted by atomic mass is 9.86. The Morgan fingerprint density at radius 3 is 2.31 bits per heavy atom. The fraction of sp³-hybridized carbons (Fsp3) is 1.00. The maximum absolute atomic E-state index is 5.92. The lowest BCUT2D eigenvalue weighted by Gasteiger charge is -2.30. The first-order chi connectivity index (χ1) is 7.84. The van der Waals surface area contributed by atoms with Crippen molar-refractivity contribution in [2.45, 2.75) is 63.8 Å². The Bertz CT molecular complexity index is 179. The highest BCUT2D eigenvalue weighted by Crippen LogP contribution is 2.27. The van der Waals surface area contributed by atoms with Gasteiger partial charge >= 0.3 is 0 Å². The van der Waals surface area contributed by atoms with Gasteiger partial charge in [0.1, 0.15) is 0 Å². The largest absolute Gasteiger partial charge is 0.328 e. The van der Waals surface area contributed by atoms with Gasteiger partial charge < -0.3 is 10.6 Å². The minimum absolute atomic E-state index is 0.481. The van der Waals surface area contributed by atoms with Crippen LogP contribution in [-0.2, 0) is 0 Å². The zero-order chi connectivity index (χ0) is 11.2. The summed E-state index contributed by atoms with van der Waals surface area (Å²) < 4.78 is 0. The number of likely N-dealkylation sites (tertiary alicyclic amines) is 1. The summed E-state index contributed by atoms with van der Waals surface area (Å²) in [7, 11) is 0. The van der Waals surface area contributed by atoms with E-state index in [0.29, 0.717) is 6.04 Å². The zero-order valence-corrected chi connectivity index (χ0v) is 10.7. The van der Waals surface area contributed by atoms with Crippen LogP contribution in [-0.4, -0.2) is 30.6 Å². The van der Waals surface area contributed by atoms with Crippen LogP contribution >= 0.6 is 0 Å². The molecule has 0 bridgehead atoms. The molecule has 2 fully saturated rings. The molecule has 2 nitrogen and oxygen atoms in total. The monoisotopic (exact) mass is 224 g/mol. The van der Waals surface area contributed by atoms with E-state index in [2.05, 4.69) is 4.90 Å². The van der Waals surface area contributed by atoms with E-state index in [1.807, 2.05) is 0 Å². The molecule has 0 amide bonds. The molecular formula is C14H28N2. The molecule has 0 radical (unpaired) electrons. The van der Waals surface area contributed by atoms with Crippen LogP contribution in [0.1, 0.15) is 57.8 Å². The average Bonchev–Trinajstić information content (AvgIpc) is 2.33. The van der Waals surface area contributed by atoms with Gasteiger partial charge in [0.05, 0.1) is 0 Å². The summed E-state index contributed by atoms with van der Waals surface area (Å²) in [6.45, 7) is 3.81. The summed E-state index contributed by atoms with van der Waals surface area (Å²) in [4.78, 5) is 2.62. The van der Waals surface area contributed by atoms with E-state index < -0.39 is 0 Å². The van der Waals surface area contributed by atoms with Gasteiger partial charge in [0.25, 0.3) is 0 Å². The van der Waals surface area contributed by atoms with Gasteiger partial charge in [-0.25, -0.2) is 0 Å². The average molecular weight is 224 g/mol. The van der Waals surface area contributed by atoms with Gasteiger partial charge in [-0.3, -0.25) is 0 Å². The van der Waals surface area contributed by atoms with Crippen LogP contribution in [0.2, 0.25) is 0 Å². The summed E-state index contributed by atoms with van der Waals surface area (Å²) in [5.74, 6) is 1.06. The lowest BCUT2D eigenvalue weighted by Crippen LogP contribution is -2.40. The molecule has 0 aromatic rings. The van der Waals surface area contributed by atoms with Gasteiger partial charge in [0.15, 0.2) is 0 Å². The Labute approximate surface area is 101 Å².